The van der Waals surface area contributed by atoms with Crippen molar-refractivity contribution >= 4 is 5.91 Å². The Bertz CT molecular complexity index is 409. The predicted molar refractivity (Wildman–Crippen MR) is 73.6 cm³/mol. The summed E-state index contributed by atoms with van der Waals surface area (Å²) in [7, 11) is 0. The fourth-order valence-corrected chi connectivity index (χ4v) is 2.03. The molecule has 1 rings (SSSR count). The molecule has 5 nitrogen and oxygen atoms in total. The van der Waals surface area contributed by atoms with E-state index >= 15 is 0 Å². The topological polar surface area (TPSA) is 86.8 Å². The summed E-state index contributed by atoms with van der Waals surface area (Å²) in [6.45, 7) is 4.89. The molecule has 1 aromatic rings. The first-order chi connectivity index (χ1) is 8.88. The Morgan fingerprint density at radius 3 is 2.32 bits per heavy atom. The molecule has 0 aliphatic carbocycles. The van der Waals surface area contributed by atoms with Crippen molar-refractivity contribution in [2.75, 3.05) is 13.1 Å². The molecule has 0 heterocycles. The van der Waals surface area contributed by atoms with Crippen LogP contribution in [0.25, 0.3) is 0 Å². The van der Waals surface area contributed by atoms with Crippen molar-refractivity contribution in [2.45, 2.75) is 32.6 Å². The lowest BCUT2D eigenvalue weighted by Gasteiger charge is -2.25. The molecule has 1 amide bonds. The molecule has 2 unspecified atom stereocenters. The Balaban J connectivity index is 2.77. The van der Waals surface area contributed by atoms with Gasteiger partial charge in [0.05, 0.1) is 12.2 Å². The average molecular weight is 266 g/mol. The van der Waals surface area contributed by atoms with Crippen molar-refractivity contribution in [3.05, 3.63) is 35.4 Å². The summed E-state index contributed by atoms with van der Waals surface area (Å²) in [5.74, 6) is -0.459. The maximum atomic E-state index is 11.1. The SMILES string of the molecule is CC(O)CN(Cc1cccc(C(N)=O)c1)CC(C)O. The highest BCUT2D eigenvalue weighted by Crippen LogP contribution is 2.09. The van der Waals surface area contributed by atoms with Gasteiger partial charge < -0.3 is 15.9 Å². The van der Waals surface area contributed by atoms with E-state index in [-0.39, 0.29) is 0 Å². The smallest absolute Gasteiger partial charge is 0.248 e. The normalized spacial score (nSPS) is 14.4. The van der Waals surface area contributed by atoms with Crippen LogP contribution in [0.3, 0.4) is 0 Å². The summed E-state index contributed by atoms with van der Waals surface area (Å²) in [5.41, 5.74) is 6.64. The van der Waals surface area contributed by atoms with Gasteiger partial charge in [0.15, 0.2) is 0 Å². The van der Waals surface area contributed by atoms with Crippen molar-refractivity contribution in [2.24, 2.45) is 5.73 Å². The molecule has 0 radical (unpaired) electrons. The highest BCUT2D eigenvalue weighted by molar-refractivity contribution is 5.92. The first-order valence-corrected chi connectivity index (χ1v) is 6.35. The molecule has 5 heteroatoms. The van der Waals surface area contributed by atoms with Gasteiger partial charge in [-0.05, 0) is 31.5 Å². The number of aliphatic hydroxyl groups excluding tert-OH is 2. The largest absolute Gasteiger partial charge is 0.392 e. The maximum Gasteiger partial charge on any atom is 0.248 e. The van der Waals surface area contributed by atoms with E-state index in [0.717, 1.165) is 5.56 Å². The quantitative estimate of drug-likeness (QED) is 0.664. The van der Waals surface area contributed by atoms with Crippen LogP contribution in [-0.2, 0) is 6.54 Å². The monoisotopic (exact) mass is 266 g/mol. The second-order valence-electron chi connectivity index (χ2n) is 4.96. The lowest BCUT2D eigenvalue weighted by molar-refractivity contribution is 0.0793. The lowest BCUT2D eigenvalue weighted by Crippen LogP contribution is -2.35. The van der Waals surface area contributed by atoms with Crippen molar-refractivity contribution in [1.29, 1.82) is 0 Å². The van der Waals surface area contributed by atoms with Crippen LogP contribution in [0.4, 0.5) is 0 Å². The van der Waals surface area contributed by atoms with Gasteiger partial charge in [-0.1, -0.05) is 12.1 Å². The summed E-state index contributed by atoms with van der Waals surface area (Å²) < 4.78 is 0. The number of hydrogen-bond acceptors (Lipinski definition) is 4. The summed E-state index contributed by atoms with van der Waals surface area (Å²) in [4.78, 5) is 13.1. The molecule has 4 N–H and O–H groups in total. The van der Waals surface area contributed by atoms with E-state index in [1.165, 1.54) is 0 Å². The number of amides is 1. The Morgan fingerprint density at radius 1 is 1.26 bits per heavy atom. The molecular weight excluding hydrogens is 244 g/mol. The zero-order valence-electron chi connectivity index (χ0n) is 11.4. The molecular formula is C14H22N2O3. The van der Waals surface area contributed by atoms with Crippen LogP contribution in [0, 0.1) is 0 Å². The minimum atomic E-state index is -0.474. The number of nitrogens with two attached hydrogens (primary N) is 1. The average Bonchev–Trinajstić information content (AvgIpc) is 2.27. The highest BCUT2D eigenvalue weighted by Gasteiger charge is 2.12. The van der Waals surface area contributed by atoms with Crippen molar-refractivity contribution < 1.29 is 15.0 Å². The van der Waals surface area contributed by atoms with Crippen LogP contribution in [0.1, 0.15) is 29.8 Å². The van der Waals surface area contributed by atoms with Gasteiger partial charge in [0.2, 0.25) is 5.91 Å². The van der Waals surface area contributed by atoms with Gasteiger partial charge in [0.25, 0.3) is 0 Å². The lowest BCUT2D eigenvalue weighted by atomic mass is 10.1. The van der Waals surface area contributed by atoms with E-state index < -0.39 is 18.1 Å². The second kappa shape index (κ2) is 7.23. The standard InChI is InChI=1S/C14H22N2O3/c1-10(17)7-16(8-11(2)18)9-12-4-3-5-13(6-12)14(15)19/h3-6,10-11,17-18H,7-9H2,1-2H3,(H2,15,19). The molecule has 0 saturated heterocycles. The molecule has 106 valence electrons. The van der Waals surface area contributed by atoms with E-state index in [1.807, 2.05) is 11.0 Å². The number of hydrogen-bond donors (Lipinski definition) is 3. The van der Waals surface area contributed by atoms with Crippen LogP contribution in [0.2, 0.25) is 0 Å². The number of primary amides is 1. The van der Waals surface area contributed by atoms with E-state index in [4.69, 9.17) is 5.73 Å². The summed E-state index contributed by atoms with van der Waals surface area (Å²) in [5, 5.41) is 18.9. The third-order valence-corrected chi connectivity index (χ3v) is 2.66. The summed E-state index contributed by atoms with van der Waals surface area (Å²) >= 11 is 0. The van der Waals surface area contributed by atoms with Gasteiger partial charge in [-0.3, -0.25) is 9.69 Å². The second-order valence-corrected chi connectivity index (χ2v) is 4.96. The highest BCUT2D eigenvalue weighted by atomic mass is 16.3. The molecule has 0 aliphatic heterocycles. The molecule has 1 aromatic carbocycles. The number of carbonyl (C=O) groups is 1. The minimum absolute atomic E-state index is 0.459. The molecule has 0 aliphatic rings. The van der Waals surface area contributed by atoms with E-state index in [1.54, 1.807) is 32.0 Å². The molecule has 0 bridgehead atoms. The summed E-state index contributed by atoms with van der Waals surface area (Å²) in [6, 6.07) is 7.07. The van der Waals surface area contributed by atoms with Crippen LogP contribution in [0.15, 0.2) is 24.3 Å². The van der Waals surface area contributed by atoms with Crippen molar-refractivity contribution in [3.63, 3.8) is 0 Å². The fraction of sp³-hybridized carbons (Fsp3) is 0.500. The molecule has 0 spiro atoms. The van der Waals surface area contributed by atoms with Gasteiger partial charge in [-0.2, -0.15) is 0 Å². The van der Waals surface area contributed by atoms with E-state index in [0.29, 0.717) is 25.2 Å². The van der Waals surface area contributed by atoms with Gasteiger partial charge >= 0.3 is 0 Å². The Kier molecular flexibility index (Phi) is 5.95. The third-order valence-electron chi connectivity index (χ3n) is 2.66. The minimum Gasteiger partial charge on any atom is -0.392 e. The fourth-order valence-electron chi connectivity index (χ4n) is 2.03. The van der Waals surface area contributed by atoms with Gasteiger partial charge in [-0.15, -0.1) is 0 Å². The number of rotatable bonds is 7. The van der Waals surface area contributed by atoms with Crippen molar-refractivity contribution in [1.82, 2.24) is 4.90 Å². The van der Waals surface area contributed by atoms with E-state index in [9.17, 15) is 15.0 Å². The van der Waals surface area contributed by atoms with Crippen LogP contribution >= 0.6 is 0 Å². The molecule has 0 aromatic heterocycles. The van der Waals surface area contributed by atoms with E-state index in [2.05, 4.69) is 0 Å². The van der Waals surface area contributed by atoms with Gasteiger partial charge in [-0.25, -0.2) is 0 Å². The van der Waals surface area contributed by atoms with Crippen LogP contribution in [0.5, 0.6) is 0 Å². The maximum absolute atomic E-state index is 11.1. The molecule has 2 atom stereocenters. The first kappa shape index (κ1) is 15.6. The van der Waals surface area contributed by atoms with Crippen molar-refractivity contribution in [3.8, 4) is 0 Å². The summed E-state index contributed by atoms with van der Waals surface area (Å²) in [6.07, 6.45) is -0.948. The number of benzene rings is 1. The molecule has 0 fully saturated rings. The van der Waals surface area contributed by atoms with Gasteiger partial charge in [0.1, 0.15) is 0 Å². The van der Waals surface area contributed by atoms with Crippen LogP contribution in [-0.4, -0.2) is 46.3 Å². The first-order valence-electron chi connectivity index (χ1n) is 6.35. The Hall–Kier alpha value is -1.43. The molecule has 19 heavy (non-hydrogen) atoms. The van der Waals surface area contributed by atoms with Gasteiger partial charge in [0, 0.05) is 25.2 Å². The zero-order valence-corrected chi connectivity index (χ0v) is 11.4. The predicted octanol–water partition coefficient (Wildman–Crippen LogP) is 0.349. The number of aliphatic hydroxyl groups is 2. The number of nitrogens with zero attached hydrogens (tertiary/aromatic N) is 1. The third kappa shape index (κ3) is 5.83. The Morgan fingerprint density at radius 2 is 1.84 bits per heavy atom. The molecule has 0 saturated carbocycles. The van der Waals surface area contributed by atoms with Crippen LogP contribution < -0.4 is 5.73 Å². The number of carbonyl (C=O) groups excluding carboxylic acids is 1. The zero-order chi connectivity index (χ0) is 14.4. The Labute approximate surface area is 113 Å².